The zero-order chi connectivity index (χ0) is 49.2. The second-order valence-electron chi connectivity index (χ2n) is 20.7. The van der Waals surface area contributed by atoms with Crippen LogP contribution in [0.3, 0.4) is 0 Å². The molecular formula is C67H110N2Ni. The zero-order valence-electron chi connectivity index (χ0n) is 46.6. The van der Waals surface area contributed by atoms with Crippen molar-refractivity contribution in [3.63, 3.8) is 0 Å². The van der Waals surface area contributed by atoms with Crippen molar-refractivity contribution in [3.05, 3.63) is 59.7 Å². The van der Waals surface area contributed by atoms with Crippen LogP contribution < -0.4 is 0 Å². The van der Waals surface area contributed by atoms with E-state index in [9.17, 15) is 0 Å². The van der Waals surface area contributed by atoms with Gasteiger partial charge < -0.3 is 0 Å². The van der Waals surface area contributed by atoms with Gasteiger partial charge in [-0.2, -0.15) is 0 Å². The summed E-state index contributed by atoms with van der Waals surface area (Å²) in [5.74, 6) is 14.1. The van der Waals surface area contributed by atoms with Crippen molar-refractivity contribution in [2.45, 2.75) is 317 Å². The summed E-state index contributed by atoms with van der Waals surface area (Å²) in [5, 5.41) is 0. The average molecular weight is 1000 g/mol. The van der Waals surface area contributed by atoms with Crippen LogP contribution in [-0.2, 0) is 29.3 Å². The Balaban J connectivity index is 0.0000245. The number of aliphatic imine (C=N–C) groups is 2. The normalized spacial score (nSPS) is 11.5. The quantitative estimate of drug-likeness (QED) is 0.0273. The van der Waals surface area contributed by atoms with E-state index < -0.39 is 0 Å². The molecule has 0 aliphatic heterocycles. The van der Waals surface area contributed by atoms with E-state index in [1.807, 2.05) is 0 Å². The second-order valence-corrected chi connectivity index (χ2v) is 20.7. The summed E-state index contributed by atoms with van der Waals surface area (Å²) < 4.78 is 0. The molecule has 0 heterocycles. The summed E-state index contributed by atoms with van der Waals surface area (Å²) in [7, 11) is 0. The van der Waals surface area contributed by atoms with Crippen LogP contribution in [0.25, 0.3) is 0 Å². The molecule has 0 fully saturated rings. The monoisotopic (exact) mass is 1000 g/mol. The van der Waals surface area contributed by atoms with Gasteiger partial charge in [0.2, 0.25) is 0 Å². The Bertz CT molecular complexity index is 1650. The summed E-state index contributed by atoms with van der Waals surface area (Å²) in [5.41, 5.74) is 7.25. The van der Waals surface area contributed by atoms with Crippen LogP contribution in [0.2, 0.25) is 0 Å². The molecule has 2 aromatic carbocycles. The predicted molar refractivity (Wildman–Crippen MR) is 311 cm³/mol. The van der Waals surface area contributed by atoms with Gasteiger partial charge in [-0.05, 0) is 74.6 Å². The first-order valence-corrected chi connectivity index (χ1v) is 30.5. The number of hydrogen-bond donors (Lipinski definition) is 0. The molecule has 0 spiro atoms. The van der Waals surface area contributed by atoms with Gasteiger partial charge in [0.1, 0.15) is 0 Å². The first-order valence-electron chi connectivity index (χ1n) is 30.5. The van der Waals surface area contributed by atoms with Crippen molar-refractivity contribution in [2.24, 2.45) is 9.98 Å². The topological polar surface area (TPSA) is 24.7 Å². The van der Waals surface area contributed by atoms with Crippen molar-refractivity contribution in [1.82, 2.24) is 0 Å². The molecule has 0 atom stereocenters. The fraction of sp³-hybridized carbons (Fsp3) is 0.731. The Kier molecular flexibility index (Phi) is 47.9. The van der Waals surface area contributed by atoms with Gasteiger partial charge in [-0.25, -0.2) is 0 Å². The van der Waals surface area contributed by atoms with Crippen molar-refractivity contribution >= 4 is 22.8 Å². The molecule has 0 amide bonds. The third-order valence-electron chi connectivity index (χ3n) is 14.2. The first kappa shape index (κ1) is 65.4. The molecule has 0 bridgehead atoms. The van der Waals surface area contributed by atoms with Gasteiger partial charge in [0.15, 0.2) is 0 Å². The minimum absolute atomic E-state index is 0. The molecular weight excluding hydrogens is 891 g/mol. The van der Waals surface area contributed by atoms with E-state index in [-0.39, 0.29) is 16.5 Å². The Morgan fingerprint density at radius 2 is 0.543 bits per heavy atom. The number of rotatable bonds is 46. The van der Waals surface area contributed by atoms with Crippen molar-refractivity contribution < 1.29 is 16.5 Å². The summed E-state index contributed by atoms with van der Waals surface area (Å²) in [6, 6.07) is 17.7. The number of unbranched alkanes of at least 4 members (excludes halogenated alkanes) is 35. The Hall–Kier alpha value is -2.61. The van der Waals surface area contributed by atoms with Crippen LogP contribution in [0, 0.1) is 23.7 Å². The summed E-state index contributed by atoms with van der Waals surface area (Å²) >= 11 is 0. The maximum Gasteiger partial charge on any atom is 0.0666 e. The SMILES string of the molecule is CCCCCCCCCCCCCCCC#CCCc1ccccc1/N=C(CCCCCC)\C(CCCCCCCCC)=N\c1ccccc1CCC#CCCCCCCCCCCCCCCC.[Ni]. The van der Waals surface area contributed by atoms with E-state index in [1.54, 1.807) is 0 Å². The van der Waals surface area contributed by atoms with Crippen LogP contribution >= 0.6 is 0 Å². The van der Waals surface area contributed by atoms with E-state index in [2.05, 4.69) is 99.9 Å². The minimum atomic E-state index is 0. The maximum atomic E-state index is 5.59. The van der Waals surface area contributed by atoms with Gasteiger partial charge in [-0.15, -0.1) is 23.7 Å². The largest absolute Gasteiger partial charge is 0.251 e. The molecule has 70 heavy (non-hydrogen) atoms. The van der Waals surface area contributed by atoms with E-state index in [0.29, 0.717) is 0 Å². The number of nitrogens with zero attached hydrogens (tertiary/aromatic N) is 2. The molecule has 0 radical (unpaired) electrons. The van der Waals surface area contributed by atoms with Gasteiger partial charge in [0.05, 0.1) is 22.8 Å². The van der Waals surface area contributed by atoms with Crippen molar-refractivity contribution in [3.8, 4) is 23.7 Å². The average Bonchev–Trinajstić information content (AvgIpc) is 3.37. The molecule has 0 unspecified atom stereocenters. The number of hydrogen-bond acceptors (Lipinski definition) is 2. The molecule has 0 aromatic heterocycles. The number of para-hydroxylation sites is 2. The fourth-order valence-corrected chi connectivity index (χ4v) is 9.66. The second kappa shape index (κ2) is 51.3. The third-order valence-corrected chi connectivity index (χ3v) is 14.2. The van der Waals surface area contributed by atoms with E-state index in [4.69, 9.17) is 9.98 Å². The third kappa shape index (κ3) is 38.1. The van der Waals surface area contributed by atoms with Crippen molar-refractivity contribution in [2.75, 3.05) is 0 Å². The van der Waals surface area contributed by atoms with Crippen LogP contribution in [0.1, 0.15) is 315 Å². The van der Waals surface area contributed by atoms with Gasteiger partial charge in [0, 0.05) is 42.2 Å². The molecule has 2 nitrogen and oxygen atoms in total. The molecule has 0 saturated heterocycles. The van der Waals surface area contributed by atoms with Crippen LogP contribution in [0.4, 0.5) is 11.4 Å². The minimum Gasteiger partial charge on any atom is -0.251 e. The molecule has 0 aliphatic rings. The van der Waals surface area contributed by atoms with Gasteiger partial charge >= 0.3 is 0 Å². The van der Waals surface area contributed by atoms with Gasteiger partial charge in [-0.3, -0.25) is 9.98 Å². The molecule has 2 rings (SSSR count). The standard InChI is InChI=1S/C67H110N2.Ni/c1-5-9-13-17-20-22-24-26-28-30-32-34-36-38-41-43-46-54-62-56-50-52-58-64(62)68-66(60-48-16-12-8-4)67(61-49-45-40-19-15-11-7-3)69-65-59-53-51-57-63(65)55-47-44-42-39-37-35-33-31-29-27-25-23-21-18-14-10-6-2;/h50-53,56-59H,5-40,45-49,54-55,60-61H2,1-4H3;/b68-66-,69-67+;. The number of aryl methyl sites for hydroxylation is 2. The van der Waals surface area contributed by atoms with E-state index in [1.165, 1.54) is 254 Å². The summed E-state index contributed by atoms with van der Waals surface area (Å²) in [4.78, 5) is 11.2. The first-order chi connectivity index (χ1) is 34.2. The Morgan fingerprint density at radius 3 is 0.857 bits per heavy atom. The fourth-order valence-electron chi connectivity index (χ4n) is 9.66. The van der Waals surface area contributed by atoms with Crippen LogP contribution in [0.15, 0.2) is 58.5 Å². The zero-order valence-corrected chi connectivity index (χ0v) is 47.6. The summed E-state index contributed by atoms with van der Waals surface area (Å²) in [6.45, 7) is 9.22. The maximum absolute atomic E-state index is 5.59. The molecule has 398 valence electrons. The molecule has 3 heteroatoms. The van der Waals surface area contributed by atoms with Gasteiger partial charge in [-0.1, -0.05) is 276 Å². The summed E-state index contributed by atoms with van der Waals surface area (Å²) in [6.07, 6.45) is 58.0. The van der Waals surface area contributed by atoms with Gasteiger partial charge in [0.25, 0.3) is 0 Å². The predicted octanol–water partition coefficient (Wildman–Crippen LogP) is 22.5. The van der Waals surface area contributed by atoms with Crippen molar-refractivity contribution in [1.29, 1.82) is 0 Å². The molecule has 0 saturated carbocycles. The molecule has 0 aliphatic carbocycles. The van der Waals surface area contributed by atoms with E-state index >= 15 is 0 Å². The number of benzene rings is 2. The molecule has 0 N–H and O–H groups in total. The molecule has 2 aromatic rings. The van der Waals surface area contributed by atoms with Crippen LogP contribution in [0.5, 0.6) is 0 Å². The Labute approximate surface area is 446 Å². The van der Waals surface area contributed by atoms with E-state index in [0.717, 1.165) is 69.2 Å². The Morgan fingerprint density at radius 1 is 0.300 bits per heavy atom. The van der Waals surface area contributed by atoms with Crippen LogP contribution in [-0.4, -0.2) is 11.4 Å². The smallest absolute Gasteiger partial charge is 0.0666 e.